The van der Waals surface area contributed by atoms with E-state index in [0.29, 0.717) is 12.1 Å². The molecule has 1 aromatic rings. The van der Waals surface area contributed by atoms with Gasteiger partial charge in [0, 0.05) is 25.2 Å². The number of hydrogen-bond donors (Lipinski definition) is 1. The molecule has 0 unspecified atom stereocenters. The van der Waals surface area contributed by atoms with Crippen LogP contribution in [-0.4, -0.2) is 38.8 Å². The van der Waals surface area contributed by atoms with Gasteiger partial charge in [-0.15, -0.1) is 0 Å². The van der Waals surface area contributed by atoms with Crippen molar-refractivity contribution in [1.29, 1.82) is 0 Å². The second-order valence-electron chi connectivity index (χ2n) is 4.17. The van der Waals surface area contributed by atoms with Crippen molar-refractivity contribution in [2.75, 3.05) is 13.1 Å². The van der Waals surface area contributed by atoms with Crippen LogP contribution in [0.2, 0.25) is 0 Å². The lowest BCUT2D eigenvalue weighted by atomic mass is 10.1. The molecule has 0 spiro atoms. The lowest BCUT2D eigenvalue weighted by Crippen LogP contribution is -2.55. The Bertz CT molecular complexity index is 300. The first-order valence-corrected chi connectivity index (χ1v) is 5.03. The quantitative estimate of drug-likeness (QED) is 0.737. The minimum Gasteiger partial charge on any atom is -0.325 e. The highest BCUT2D eigenvalue weighted by atomic mass is 15.4. The van der Waals surface area contributed by atoms with E-state index in [0.717, 1.165) is 25.5 Å². The Morgan fingerprint density at radius 1 is 1.57 bits per heavy atom. The summed E-state index contributed by atoms with van der Waals surface area (Å²) < 4.78 is 1.96. The van der Waals surface area contributed by atoms with E-state index in [9.17, 15) is 0 Å². The summed E-state index contributed by atoms with van der Waals surface area (Å²) in [6, 6.07) is 0.730. The topological polar surface area (TPSA) is 60.0 Å². The molecule has 2 rings (SSSR count). The highest BCUT2D eigenvalue weighted by Gasteiger charge is 2.24. The summed E-state index contributed by atoms with van der Waals surface area (Å²) >= 11 is 0. The van der Waals surface area contributed by atoms with E-state index in [1.54, 1.807) is 6.33 Å². The Balaban J connectivity index is 1.98. The van der Waals surface area contributed by atoms with Crippen LogP contribution in [0.15, 0.2) is 6.33 Å². The molecule has 0 aliphatic carbocycles. The number of hydrogen-bond acceptors (Lipinski definition) is 4. The summed E-state index contributed by atoms with van der Waals surface area (Å²) in [5.74, 6) is 1.03. The molecule has 5 heteroatoms. The fourth-order valence-corrected chi connectivity index (χ4v) is 1.76. The Kier molecular flexibility index (Phi) is 2.52. The molecule has 14 heavy (non-hydrogen) atoms. The molecule has 1 saturated heterocycles. The Hall–Kier alpha value is -0.940. The Labute approximate surface area is 83.9 Å². The molecule has 2 heterocycles. The second-order valence-corrected chi connectivity index (χ2v) is 4.17. The van der Waals surface area contributed by atoms with E-state index in [4.69, 9.17) is 5.73 Å². The molecule has 1 aliphatic rings. The molecular weight excluding hydrogens is 178 g/mol. The van der Waals surface area contributed by atoms with Crippen LogP contribution < -0.4 is 5.73 Å². The van der Waals surface area contributed by atoms with Gasteiger partial charge in [-0.25, -0.2) is 9.67 Å². The molecule has 0 saturated carbocycles. The van der Waals surface area contributed by atoms with E-state index >= 15 is 0 Å². The number of nitrogens with two attached hydrogens (primary N) is 1. The first-order chi connectivity index (χ1) is 6.66. The highest BCUT2D eigenvalue weighted by molar-refractivity contribution is 4.91. The Morgan fingerprint density at radius 2 is 2.29 bits per heavy atom. The molecular formula is C9H17N5. The number of nitrogens with zero attached hydrogens (tertiary/aromatic N) is 4. The first kappa shape index (κ1) is 9.61. The van der Waals surface area contributed by atoms with Gasteiger partial charge in [0.1, 0.15) is 12.2 Å². The summed E-state index contributed by atoms with van der Waals surface area (Å²) in [6.07, 6.45) is 1.62. The lowest BCUT2D eigenvalue weighted by Gasteiger charge is -2.36. The minimum atomic E-state index is 0.352. The summed E-state index contributed by atoms with van der Waals surface area (Å²) in [5.41, 5.74) is 5.71. The fourth-order valence-electron chi connectivity index (χ4n) is 1.76. The van der Waals surface area contributed by atoms with Crippen molar-refractivity contribution < 1.29 is 0 Å². The molecule has 0 bridgehead atoms. The SMILES string of the molecule is CC(C)n1ncnc1CN1CC(N)C1. The minimum absolute atomic E-state index is 0.352. The van der Waals surface area contributed by atoms with Gasteiger partial charge in [-0.2, -0.15) is 5.10 Å². The fraction of sp³-hybridized carbons (Fsp3) is 0.778. The predicted octanol–water partition coefficient (Wildman–Crippen LogP) is 0.00190. The zero-order valence-electron chi connectivity index (χ0n) is 8.72. The number of aromatic nitrogens is 3. The van der Waals surface area contributed by atoms with Crippen LogP contribution in [0.3, 0.4) is 0 Å². The molecule has 2 N–H and O–H groups in total. The van der Waals surface area contributed by atoms with Gasteiger partial charge in [0.25, 0.3) is 0 Å². The van der Waals surface area contributed by atoms with E-state index < -0.39 is 0 Å². The van der Waals surface area contributed by atoms with Crippen molar-refractivity contribution in [2.24, 2.45) is 5.73 Å². The van der Waals surface area contributed by atoms with Gasteiger partial charge in [0.05, 0.1) is 6.54 Å². The zero-order valence-corrected chi connectivity index (χ0v) is 8.72. The molecule has 78 valence electrons. The largest absolute Gasteiger partial charge is 0.325 e. The summed E-state index contributed by atoms with van der Waals surface area (Å²) in [5, 5.41) is 4.19. The predicted molar refractivity (Wildman–Crippen MR) is 53.7 cm³/mol. The summed E-state index contributed by atoms with van der Waals surface area (Å²) in [4.78, 5) is 6.54. The number of likely N-dealkylation sites (tertiary alicyclic amines) is 1. The average Bonchev–Trinajstić information content (AvgIpc) is 2.49. The van der Waals surface area contributed by atoms with Gasteiger partial charge < -0.3 is 5.73 Å². The average molecular weight is 195 g/mol. The van der Waals surface area contributed by atoms with Gasteiger partial charge in [-0.3, -0.25) is 4.90 Å². The standard InChI is InChI=1S/C9H17N5/c1-7(2)14-9(11-6-12-14)5-13-3-8(10)4-13/h6-8H,3-5,10H2,1-2H3. The van der Waals surface area contributed by atoms with Gasteiger partial charge in [0.15, 0.2) is 0 Å². The van der Waals surface area contributed by atoms with Crippen LogP contribution in [0.25, 0.3) is 0 Å². The Morgan fingerprint density at radius 3 is 2.86 bits per heavy atom. The van der Waals surface area contributed by atoms with Crippen molar-refractivity contribution >= 4 is 0 Å². The first-order valence-electron chi connectivity index (χ1n) is 5.03. The van der Waals surface area contributed by atoms with Crippen molar-refractivity contribution in [3.05, 3.63) is 12.2 Å². The third kappa shape index (κ3) is 1.78. The smallest absolute Gasteiger partial charge is 0.141 e. The van der Waals surface area contributed by atoms with E-state index in [1.165, 1.54) is 0 Å². The van der Waals surface area contributed by atoms with Gasteiger partial charge in [-0.05, 0) is 13.8 Å². The van der Waals surface area contributed by atoms with Gasteiger partial charge in [0.2, 0.25) is 0 Å². The van der Waals surface area contributed by atoms with Crippen LogP contribution >= 0.6 is 0 Å². The second kappa shape index (κ2) is 3.67. The maximum atomic E-state index is 5.71. The van der Waals surface area contributed by atoms with Crippen LogP contribution in [-0.2, 0) is 6.54 Å². The van der Waals surface area contributed by atoms with Crippen molar-refractivity contribution in [3.63, 3.8) is 0 Å². The third-order valence-electron chi connectivity index (χ3n) is 2.49. The molecule has 5 nitrogen and oxygen atoms in total. The molecule has 0 atom stereocenters. The highest BCUT2D eigenvalue weighted by Crippen LogP contribution is 2.12. The third-order valence-corrected chi connectivity index (χ3v) is 2.49. The van der Waals surface area contributed by atoms with Crippen LogP contribution in [0, 0.1) is 0 Å². The van der Waals surface area contributed by atoms with Crippen LogP contribution in [0.4, 0.5) is 0 Å². The van der Waals surface area contributed by atoms with Crippen molar-refractivity contribution in [3.8, 4) is 0 Å². The molecule has 1 fully saturated rings. The maximum absolute atomic E-state index is 5.71. The van der Waals surface area contributed by atoms with Crippen molar-refractivity contribution in [1.82, 2.24) is 19.7 Å². The van der Waals surface area contributed by atoms with E-state index in [-0.39, 0.29) is 0 Å². The molecule has 1 aromatic heterocycles. The van der Waals surface area contributed by atoms with Crippen LogP contribution in [0.5, 0.6) is 0 Å². The van der Waals surface area contributed by atoms with Gasteiger partial charge in [-0.1, -0.05) is 0 Å². The lowest BCUT2D eigenvalue weighted by molar-refractivity contribution is 0.135. The van der Waals surface area contributed by atoms with E-state index in [1.807, 2.05) is 4.68 Å². The van der Waals surface area contributed by atoms with Gasteiger partial charge >= 0.3 is 0 Å². The zero-order chi connectivity index (χ0) is 10.1. The molecule has 0 radical (unpaired) electrons. The summed E-state index contributed by atoms with van der Waals surface area (Å²) in [7, 11) is 0. The van der Waals surface area contributed by atoms with Crippen molar-refractivity contribution in [2.45, 2.75) is 32.5 Å². The number of rotatable bonds is 3. The normalized spacial score (nSPS) is 18.9. The molecule has 0 amide bonds. The van der Waals surface area contributed by atoms with Crippen LogP contribution in [0.1, 0.15) is 25.7 Å². The summed E-state index contributed by atoms with van der Waals surface area (Å²) in [6.45, 7) is 7.04. The maximum Gasteiger partial charge on any atom is 0.141 e. The molecule has 0 aromatic carbocycles. The monoisotopic (exact) mass is 195 g/mol. The van der Waals surface area contributed by atoms with E-state index in [2.05, 4.69) is 28.8 Å². The molecule has 1 aliphatic heterocycles.